The molecule has 19 nitrogen and oxygen atoms in total. The van der Waals surface area contributed by atoms with Gasteiger partial charge >= 0.3 is 0 Å². The number of rotatable bonds is 67. The van der Waals surface area contributed by atoms with E-state index >= 15 is 0 Å². The van der Waals surface area contributed by atoms with Gasteiger partial charge in [0, 0.05) is 6.42 Å². The lowest BCUT2D eigenvalue weighted by molar-refractivity contribution is -0.379. The zero-order valence-electron chi connectivity index (χ0n) is 63.2. The third-order valence-electron chi connectivity index (χ3n) is 21.0. The predicted octanol–water partition coefficient (Wildman–Crippen LogP) is 14.1. The average molecular weight is 1430 g/mol. The van der Waals surface area contributed by atoms with Crippen molar-refractivity contribution < 1.29 is 89.4 Å². The van der Waals surface area contributed by atoms with E-state index in [9.17, 15) is 61.0 Å². The maximum Gasteiger partial charge on any atom is 0.220 e. The van der Waals surface area contributed by atoms with Crippen molar-refractivity contribution in [3.63, 3.8) is 0 Å². The number of allylic oxidation sites excluding steroid dienone is 3. The van der Waals surface area contributed by atoms with Gasteiger partial charge in [0.15, 0.2) is 18.9 Å². The van der Waals surface area contributed by atoms with E-state index in [-0.39, 0.29) is 18.9 Å². The topological polar surface area (TPSA) is 307 Å². The standard InChI is InChI=1S/C81H153NO18/c1-3-5-7-9-11-13-15-17-19-21-23-25-27-28-29-30-31-32-33-34-35-37-39-41-43-45-47-49-51-53-55-57-59-69(87)82-64(65(86)58-56-54-52-50-48-46-44-42-40-38-36-26-24-22-20-18-16-14-12-10-8-6-4-2)63-95-79-75(93)72(90)77(67(61-84)97-79)100-81-76(94)73(91)78(68(62-85)98-81)99-80-74(92)71(89)70(88)66(60-83)96-80/h48,50,56,58,64-68,70-81,83-86,88-94H,3-47,49,51-55,57,59-63H2,1-2H3,(H,82,87)/b50-48+,58-56+. The van der Waals surface area contributed by atoms with E-state index in [0.29, 0.717) is 12.8 Å². The Morgan fingerprint density at radius 2 is 0.640 bits per heavy atom. The normalized spacial score (nSPS) is 26.5. The van der Waals surface area contributed by atoms with Crippen molar-refractivity contribution in [3.05, 3.63) is 24.3 Å². The summed E-state index contributed by atoms with van der Waals surface area (Å²) >= 11 is 0. The van der Waals surface area contributed by atoms with E-state index in [1.165, 1.54) is 283 Å². The molecule has 3 rings (SSSR count). The molecule has 0 aromatic carbocycles. The molecule has 12 N–H and O–H groups in total. The summed E-state index contributed by atoms with van der Waals surface area (Å²) in [6, 6.07) is -0.988. The molecule has 3 heterocycles. The first kappa shape index (κ1) is 92.5. The summed E-state index contributed by atoms with van der Waals surface area (Å²) in [6.07, 6.45) is 49.0. The number of aliphatic hydroxyl groups excluding tert-OH is 11. The second-order valence-electron chi connectivity index (χ2n) is 29.9. The summed E-state index contributed by atoms with van der Waals surface area (Å²) in [7, 11) is 0. The molecule has 590 valence electrons. The van der Waals surface area contributed by atoms with Crippen LogP contribution in [0.1, 0.15) is 354 Å². The van der Waals surface area contributed by atoms with Gasteiger partial charge in [-0.25, -0.2) is 0 Å². The van der Waals surface area contributed by atoms with Gasteiger partial charge in [-0.3, -0.25) is 4.79 Å². The SMILES string of the molecule is CCCCCCCCCCCCCCCCCCC/C=C/CC/C=C/C(O)C(COC1OC(CO)C(OC2OC(CO)C(OC3OC(CO)C(O)C(O)C3O)C(O)C2O)C(O)C1O)NC(=O)CCCCCCCCCCCCCCCCCCCCCCCCCCCCCCCCCC. The lowest BCUT2D eigenvalue weighted by atomic mass is 9.96. The molecule has 17 unspecified atom stereocenters. The van der Waals surface area contributed by atoms with E-state index in [1.54, 1.807) is 6.08 Å². The number of hydrogen-bond donors (Lipinski definition) is 12. The van der Waals surface area contributed by atoms with Crippen LogP contribution in [0.3, 0.4) is 0 Å². The Morgan fingerprint density at radius 3 is 1.00 bits per heavy atom. The lowest BCUT2D eigenvalue weighted by Gasteiger charge is -2.48. The zero-order chi connectivity index (χ0) is 72.5. The third-order valence-corrected chi connectivity index (χ3v) is 21.0. The minimum Gasteiger partial charge on any atom is -0.394 e. The Hall–Kier alpha value is -1.73. The molecule has 3 aliphatic rings. The summed E-state index contributed by atoms with van der Waals surface area (Å²) in [6.45, 7) is 1.78. The van der Waals surface area contributed by atoms with Crippen LogP contribution in [0.15, 0.2) is 24.3 Å². The number of nitrogens with one attached hydrogen (secondary N) is 1. The average Bonchev–Trinajstić information content (AvgIpc) is 0.783. The first-order valence-corrected chi connectivity index (χ1v) is 41.6. The highest BCUT2D eigenvalue weighted by atomic mass is 16.8. The van der Waals surface area contributed by atoms with Gasteiger partial charge in [0.25, 0.3) is 0 Å². The number of amides is 1. The molecule has 0 bridgehead atoms. The Morgan fingerprint density at radius 1 is 0.350 bits per heavy atom. The van der Waals surface area contributed by atoms with Crippen LogP contribution < -0.4 is 5.32 Å². The third kappa shape index (κ3) is 42.0. The minimum absolute atomic E-state index is 0.241. The number of ether oxygens (including phenoxy) is 6. The molecular weight excluding hydrogens is 1270 g/mol. The molecule has 3 fully saturated rings. The van der Waals surface area contributed by atoms with Gasteiger partial charge < -0.3 is 89.9 Å². The highest BCUT2D eigenvalue weighted by molar-refractivity contribution is 5.76. The quantitative estimate of drug-likeness (QED) is 0.0199. The minimum atomic E-state index is -1.98. The van der Waals surface area contributed by atoms with Crippen LogP contribution in [0.4, 0.5) is 0 Å². The van der Waals surface area contributed by atoms with E-state index < -0.39 is 124 Å². The molecule has 3 aliphatic heterocycles. The maximum atomic E-state index is 13.5. The highest BCUT2D eigenvalue weighted by Crippen LogP contribution is 2.33. The van der Waals surface area contributed by atoms with Crippen molar-refractivity contribution in [2.45, 2.75) is 458 Å². The van der Waals surface area contributed by atoms with Crippen LogP contribution >= 0.6 is 0 Å². The van der Waals surface area contributed by atoms with Crippen molar-refractivity contribution in [1.82, 2.24) is 5.32 Å². The zero-order valence-corrected chi connectivity index (χ0v) is 63.2. The lowest BCUT2D eigenvalue weighted by Crippen LogP contribution is -2.66. The van der Waals surface area contributed by atoms with Crippen LogP contribution in [0.5, 0.6) is 0 Å². The number of aliphatic hydroxyl groups is 11. The summed E-state index contributed by atoms with van der Waals surface area (Å²) < 4.78 is 34.5. The van der Waals surface area contributed by atoms with Gasteiger partial charge in [-0.2, -0.15) is 0 Å². The van der Waals surface area contributed by atoms with Crippen molar-refractivity contribution >= 4 is 5.91 Å². The van der Waals surface area contributed by atoms with Crippen LogP contribution in [0.25, 0.3) is 0 Å². The molecule has 0 radical (unpaired) electrons. The van der Waals surface area contributed by atoms with Crippen molar-refractivity contribution in [2.75, 3.05) is 26.4 Å². The van der Waals surface area contributed by atoms with Gasteiger partial charge in [0.05, 0.1) is 38.6 Å². The maximum absolute atomic E-state index is 13.5. The Labute approximate surface area is 607 Å². The smallest absolute Gasteiger partial charge is 0.220 e. The van der Waals surface area contributed by atoms with Gasteiger partial charge in [-0.1, -0.05) is 340 Å². The van der Waals surface area contributed by atoms with Crippen LogP contribution in [0.2, 0.25) is 0 Å². The number of carbonyl (C=O) groups excluding carboxylic acids is 1. The van der Waals surface area contributed by atoms with E-state index in [1.807, 2.05) is 6.08 Å². The molecule has 3 saturated heterocycles. The number of unbranched alkanes of at least 4 members (excludes halogenated alkanes) is 49. The van der Waals surface area contributed by atoms with Crippen LogP contribution in [0, 0.1) is 0 Å². The van der Waals surface area contributed by atoms with Gasteiger partial charge in [0.2, 0.25) is 5.91 Å². The molecule has 100 heavy (non-hydrogen) atoms. The molecule has 0 spiro atoms. The van der Waals surface area contributed by atoms with Crippen molar-refractivity contribution in [3.8, 4) is 0 Å². The summed E-state index contributed by atoms with van der Waals surface area (Å²) in [5, 5.41) is 121. The molecule has 0 saturated carbocycles. The highest BCUT2D eigenvalue weighted by Gasteiger charge is 2.54. The second-order valence-corrected chi connectivity index (χ2v) is 29.9. The first-order chi connectivity index (χ1) is 48.8. The van der Waals surface area contributed by atoms with E-state index in [4.69, 9.17) is 28.4 Å². The largest absolute Gasteiger partial charge is 0.394 e. The Kier molecular flexibility index (Phi) is 57.6. The molecule has 0 aliphatic carbocycles. The Balaban J connectivity index is 1.36. The fourth-order valence-electron chi connectivity index (χ4n) is 14.3. The molecule has 1 amide bonds. The predicted molar refractivity (Wildman–Crippen MR) is 397 cm³/mol. The molecule has 17 atom stereocenters. The van der Waals surface area contributed by atoms with Crippen LogP contribution in [-0.4, -0.2) is 193 Å². The van der Waals surface area contributed by atoms with Crippen LogP contribution in [-0.2, 0) is 33.2 Å². The fourth-order valence-corrected chi connectivity index (χ4v) is 14.3. The van der Waals surface area contributed by atoms with Crippen molar-refractivity contribution in [1.29, 1.82) is 0 Å². The molecule has 0 aromatic heterocycles. The monoisotopic (exact) mass is 1430 g/mol. The molecule has 19 heteroatoms. The summed E-state index contributed by atoms with van der Waals surface area (Å²) in [5.74, 6) is -0.277. The Bertz CT molecular complexity index is 1900. The second kappa shape index (κ2) is 62.3. The number of carbonyl (C=O) groups is 1. The molecular formula is C81H153NO18. The summed E-state index contributed by atoms with van der Waals surface area (Å²) in [5.41, 5.74) is 0. The fraction of sp³-hybridized carbons (Fsp3) is 0.938. The van der Waals surface area contributed by atoms with Crippen molar-refractivity contribution in [2.24, 2.45) is 0 Å². The van der Waals surface area contributed by atoms with Gasteiger partial charge in [-0.15, -0.1) is 0 Å². The number of hydrogen-bond acceptors (Lipinski definition) is 18. The summed E-state index contributed by atoms with van der Waals surface area (Å²) in [4.78, 5) is 13.5. The van der Waals surface area contributed by atoms with Gasteiger partial charge in [-0.05, 0) is 32.1 Å². The van der Waals surface area contributed by atoms with E-state index in [2.05, 4.69) is 31.3 Å². The van der Waals surface area contributed by atoms with E-state index in [0.717, 1.165) is 38.5 Å². The molecule has 0 aromatic rings. The first-order valence-electron chi connectivity index (χ1n) is 41.6. The van der Waals surface area contributed by atoms with Gasteiger partial charge in [0.1, 0.15) is 73.2 Å².